The maximum Gasteiger partial charge on any atom is 0.111 e. The average molecular weight is 351 g/mol. The van der Waals surface area contributed by atoms with Gasteiger partial charge in [0.1, 0.15) is 11.6 Å². The van der Waals surface area contributed by atoms with E-state index in [4.69, 9.17) is 4.98 Å². The van der Waals surface area contributed by atoms with Gasteiger partial charge in [0.25, 0.3) is 0 Å². The maximum atomic E-state index is 4.99. The summed E-state index contributed by atoms with van der Waals surface area (Å²) in [6.45, 7) is 8.39. The lowest BCUT2D eigenvalue weighted by atomic mass is 9.92. The highest BCUT2D eigenvalue weighted by Gasteiger charge is 2.22. The molecule has 1 aliphatic rings. The Bertz CT molecular complexity index is 897. The monoisotopic (exact) mass is 351 g/mol. The highest BCUT2D eigenvalue weighted by atomic mass is 15.1. The van der Waals surface area contributed by atoms with Gasteiger partial charge in [0, 0.05) is 43.1 Å². The molecule has 2 aromatic heterocycles. The molecule has 0 aliphatic heterocycles. The van der Waals surface area contributed by atoms with Crippen LogP contribution in [0.25, 0.3) is 16.7 Å². The summed E-state index contributed by atoms with van der Waals surface area (Å²) in [5.74, 6) is 2.21. The van der Waals surface area contributed by atoms with E-state index in [1.165, 1.54) is 30.6 Å². The molecule has 0 radical (unpaired) electrons. The minimum atomic E-state index is 0.785. The van der Waals surface area contributed by atoms with Gasteiger partial charge in [0.2, 0.25) is 0 Å². The molecular weight excluding hydrogens is 322 g/mol. The summed E-state index contributed by atoms with van der Waals surface area (Å²) in [5, 5.41) is 0. The number of nitrogens with zero attached hydrogens (tertiary/aromatic N) is 5. The first kappa shape index (κ1) is 17.3. The second kappa shape index (κ2) is 6.88. The molecule has 26 heavy (non-hydrogen) atoms. The van der Waals surface area contributed by atoms with Crippen LogP contribution in [0.2, 0.25) is 0 Å². The van der Waals surface area contributed by atoms with Gasteiger partial charge in [-0.1, -0.05) is 6.42 Å². The van der Waals surface area contributed by atoms with Gasteiger partial charge in [-0.15, -0.1) is 0 Å². The Morgan fingerprint density at radius 3 is 2.65 bits per heavy atom. The van der Waals surface area contributed by atoms with Gasteiger partial charge in [0.05, 0.1) is 11.0 Å². The van der Waals surface area contributed by atoms with Crippen molar-refractivity contribution < 1.29 is 0 Å². The van der Waals surface area contributed by atoms with Crippen molar-refractivity contribution in [1.29, 1.82) is 0 Å². The van der Waals surface area contributed by atoms with Gasteiger partial charge < -0.3 is 14.0 Å². The quantitative estimate of drug-likeness (QED) is 0.676. The van der Waals surface area contributed by atoms with Crippen LogP contribution in [0.1, 0.15) is 43.5 Å². The first-order valence-electron chi connectivity index (χ1n) is 9.79. The van der Waals surface area contributed by atoms with E-state index in [9.17, 15) is 0 Å². The lowest BCUT2D eigenvalue weighted by molar-refractivity contribution is 0.160. The normalized spacial score (nSPS) is 15.1. The summed E-state index contributed by atoms with van der Waals surface area (Å²) in [5.41, 5.74) is 4.61. The molecule has 5 heteroatoms. The number of benzene rings is 1. The van der Waals surface area contributed by atoms with E-state index < -0.39 is 0 Å². The smallest absolute Gasteiger partial charge is 0.111 e. The Hall–Kier alpha value is -2.14. The molecule has 0 amide bonds. The third-order valence-electron chi connectivity index (χ3n) is 5.89. The molecule has 1 saturated carbocycles. The van der Waals surface area contributed by atoms with Crippen LogP contribution in [-0.2, 0) is 13.0 Å². The molecule has 0 unspecified atom stereocenters. The number of aromatic nitrogens is 4. The summed E-state index contributed by atoms with van der Waals surface area (Å²) in [7, 11) is 2.26. The molecule has 138 valence electrons. The van der Waals surface area contributed by atoms with Crippen molar-refractivity contribution in [1.82, 2.24) is 24.0 Å². The van der Waals surface area contributed by atoms with Crippen LogP contribution in [0.4, 0.5) is 0 Å². The van der Waals surface area contributed by atoms with Gasteiger partial charge in [0.15, 0.2) is 0 Å². The molecule has 1 fully saturated rings. The van der Waals surface area contributed by atoms with Crippen molar-refractivity contribution in [3.05, 3.63) is 41.7 Å². The van der Waals surface area contributed by atoms with Gasteiger partial charge in [-0.3, -0.25) is 0 Å². The molecule has 3 aromatic rings. The van der Waals surface area contributed by atoms with Crippen LogP contribution in [0.5, 0.6) is 0 Å². The molecule has 1 aromatic carbocycles. The molecule has 0 N–H and O–H groups in total. The van der Waals surface area contributed by atoms with E-state index in [-0.39, 0.29) is 0 Å². The first-order chi connectivity index (χ1) is 12.6. The molecule has 0 atom stereocenters. The van der Waals surface area contributed by atoms with E-state index in [1.54, 1.807) is 0 Å². The summed E-state index contributed by atoms with van der Waals surface area (Å²) in [4.78, 5) is 11.9. The van der Waals surface area contributed by atoms with Gasteiger partial charge in [-0.05, 0) is 58.9 Å². The van der Waals surface area contributed by atoms with Crippen molar-refractivity contribution in [2.45, 2.75) is 59.0 Å². The van der Waals surface area contributed by atoms with Crippen LogP contribution in [0.15, 0.2) is 24.4 Å². The SMILES string of the molecule is CCn1c(CCN(C)C2CCC2)nc2cc(-n3c(C)cnc3C)ccc21. The summed E-state index contributed by atoms with van der Waals surface area (Å²) in [6, 6.07) is 7.37. The van der Waals surface area contributed by atoms with E-state index >= 15 is 0 Å². The van der Waals surface area contributed by atoms with Crippen LogP contribution >= 0.6 is 0 Å². The second-order valence-corrected chi connectivity index (χ2v) is 7.54. The molecular formula is C21H29N5. The molecule has 2 heterocycles. The number of likely N-dealkylation sites (N-methyl/N-ethyl adjacent to an activating group) is 1. The summed E-state index contributed by atoms with van der Waals surface area (Å²) in [6.07, 6.45) is 7.03. The summed E-state index contributed by atoms with van der Waals surface area (Å²) < 4.78 is 4.55. The number of hydrogen-bond donors (Lipinski definition) is 0. The van der Waals surface area contributed by atoms with Crippen molar-refractivity contribution >= 4 is 11.0 Å². The van der Waals surface area contributed by atoms with Crippen molar-refractivity contribution in [2.75, 3.05) is 13.6 Å². The zero-order chi connectivity index (χ0) is 18.3. The Labute approximate surface area is 155 Å². The Balaban J connectivity index is 1.64. The minimum Gasteiger partial charge on any atom is -0.328 e. The average Bonchev–Trinajstić information content (AvgIpc) is 3.09. The van der Waals surface area contributed by atoms with Crippen molar-refractivity contribution in [3.63, 3.8) is 0 Å². The number of imidazole rings is 2. The highest BCUT2D eigenvalue weighted by molar-refractivity contribution is 5.78. The Morgan fingerprint density at radius 2 is 2.04 bits per heavy atom. The lowest BCUT2D eigenvalue weighted by Crippen LogP contribution is -2.38. The van der Waals surface area contributed by atoms with Crippen LogP contribution < -0.4 is 0 Å². The number of fused-ring (bicyclic) bond motifs is 1. The first-order valence-corrected chi connectivity index (χ1v) is 9.79. The number of rotatable bonds is 6. The van der Waals surface area contributed by atoms with E-state index in [0.717, 1.165) is 48.3 Å². The van der Waals surface area contributed by atoms with Crippen molar-refractivity contribution in [2.24, 2.45) is 0 Å². The van der Waals surface area contributed by atoms with Crippen molar-refractivity contribution in [3.8, 4) is 5.69 Å². The fourth-order valence-electron chi connectivity index (χ4n) is 4.09. The number of aryl methyl sites for hydroxylation is 3. The lowest BCUT2D eigenvalue weighted by Gasteiger charge is -2.34. The highest BCUT2D eigenvalue weighted by Crippen LogP contribution is 2.25. The van der Waals surface area contributed by atoms with Gasteiger partial charge in [-0.2, -0.15) is 0 Å². The third-order valence-corrected chi connectivity index (χ3v) is 5.89. The molecule has 1 aliphatic carbocycles. The molecule has 0 spiro atoms. The predicted molar refractivity (Wildman–Crippen MR) is 106 cm³/mol. The zero-order valence-corrected chi connectivity index (χ0v) is 16.4. The molecule has 4 rings (SSSR count). The fraction of sp³-hybridized carbons (Fsp3) is 0.524. The van der Waals surface area contributed by atoms with E-state index in [1.807, 2.05) is 13.1 Å². The van der Waals surface area contributed by atoms with Crippen LogP contribution in [-0.4, -0.2) is 43.6 Å². The molecule has 0 saturated heterocycles. The Morgan fingerprint density at radius 1 is 1.23 bits per heavy atom. The zero-order valence-electron chi connectivity index (χ0n) is 16.4. The van der Waals surface area contributed by atoms with E-state index in [2.05, 4.69) is 58.1 Å². The van der Waals surface area contributed by atoms with Gasteiger partial charge in [-0.25, -0.2) is 9.97 Å². The Kier molecular flexibility index (Phi) is 4.57. The number of hydrogen-bond acceptors (Lipinski definition) is 3. The second-order valence-electron chi connectivity index (χ2n) is 7.54. The largest absolute Gasteiger partial charge is 0.328 e. The molecule has 0 bridgehead atoms. The van der Waals surface area contributed by atoms with Crippen LogP contribution in [0.3, 0.4) is 0 Å². The maximum absolute atomic E-state index is 4.99. The standard InChI is InChI=1S/C21H29N5/c1-5-25-20-10-9-18(26-15(2)14-22-16(26)3)13-19(20)23-21(25)11-12-24(4)17-7-6-8-17/h9-10,13-14,17H,5-8,11-12H2,1-4H3. The predicted octanol–water partition coefficient (Wildman–Crippen LogP) is 3.89. The topological polar surface area (TPSA) is 38.9 Å². The molecule has 5 nitrogen and oxygen atoms in total. The van der Waals surface area contributed by atoms with Crippen LogP contribution in [0, 0.1) is 13.8 Å². The minimum absolute atomic E-state index is 0.785. The fourth-order valence-corrected chi connectivity index (χ4v) is 4.09. The third kappa shape index (κ3) is 2.94. The van der Waals surface area contributed by atoms with E-state index in [0.29, 0.717) is 0 Å². The van der Waals surface area contributed by atoms with Gasteiger partial charge >= 0.3 is 0 Å². The summed E-state index contributed by atoms with van der Waals surface area (Å²) >= 11 is 0.